The number of halogens is 1. The maximum Gasteiger partial charge on any atom is 0.240 e. The molecule has 1 saturated heterocycles. The minimum absolute atomic E-state index is 0.0228. The molecule has 1 aromatic rings. The lowest BCUT2D eigenvalue weighted by Gasteiger charge is -2.39. The van der Waals surface area contributed by atoms with Gasteiger partial charge in [0.2, 0.25) is 5.91 Å². The molecule has 21 heavy (non-hydrogen) atoms. The van der Waals surface area contributed by atoms with E-state index in [1.807, 2.05) is 19.9 Å². The van der Waals surface area contributed by atoms with Crippen LogP contribution in [0.3, 0.4) is 0 Å². The van der Waals surface area contributed by atoms with Gasteiger partial charge in [0.15, 0.2) is 0 Å². The van der Waals surface area contributed by atoms with Crippen LogP contribution in [0.5, 0.6) is 0 Å². The number of hydrogen-bond acceptors (Lipinski definition) is 3. The van der Waals surface area contributed by atoms with Crippen molar-refractivity contribution in [2.75, 3.05) is 26.2 Å². The third kappa shape index (κ3) is 3.80. The van der Waals surface area contributed by atoms with E-state index in [-0.39, 0.29) is 11.7 Å². The van der Waals surface area contributed by atoms with Gasteiger partial charge >= 0.3 is 0 Å². The van der Waals surface area contributed by atoms with Gasteiger partial charge in [-0.2, -0.15) is 0 Å². The van der Waals surface area contributed by atoms with Gasteiger partial charge in [0, 0.05) is 32.7 Å². The van der Waals surface area contributed by atoms with E-state index in [4.69, 9.17) is 0 Å². The van der Waals surface area contributed by atoms with Gasteiger partial charge in [-0.15, -0.1) is 0 Å². The highest BCUT2D eigenvalue weighted by molar-refractivity contribution is 5.85. The van der Waals surface area contributed by atoms with E-state index in [0.717, 1.165) is 31.7 Å². The van der Waals surface area contributed by atoms with Crippen LogP contribution < -0.4 is 10.6 Å². The molecule has 116 valence electrons. The summed E-state index contributed by atoms with van der Waals surface area (Å²) in [5.74, 6) is -0.256. The fourth-order valence-corrected chi connectivity index (χ4v) is 2.51. The van der Waals surface area contributed by atoms with Crippen molar-refractivity contribution in [1.29, 1.82) is 0 Å². The number of carbonyl (C=O) groups excluding carboxylic acids is 1. The summed E-state index contributed by atoms with van der Waals surface area (Å²) in [5, 5.41) is 6.20. The summed E-state index contributed by atoms with van der Waals surface area (Å²) in [6, 6.07) is 5.06. The van der Waals surface area contributed by atoms with Crippen molar-refractivity contribution in [3.63, 3.8) is 0 Å². The van der Waals surface area contributed by atoms with Crippen LogP contribution in [0.15, 0.2) is 18.2 Å². The molecular formula is C16H24FN3O. The molecule has 1 aliphatic rings. The van der Waals surface area contributed by atoms with Crippen molar-refractivity contribution in [1.82, 2.24) is 15.5 Å². The number of hydrogen-bond donors (Lipinski definition) is 2. The van der Waals surface area contributed by atoms with Gasteiger partial charge in [-0.1, -0.05) is 12.1 Å². The van der Waals surface area contributed by atoms with E-state index in [1.165, 1.54) is 6.07 Å². The lowest BCUT2D eigenvalue weighted by Crippen LogP contribution is -2.59. The second-order valence-electron chi connectivity index (χ2n) is 6.06. The predicted molar refractivity (Wildman–Crippen MR) is 81.5 cm³/mol. The monoisotopic (exact) mass is 293 g/mol. The molecule has 0 spiro atoms. The van der Waals surface area contributed by atoms with Crippen molar-refractivity contribution >= 4 is 5.91 Å². The van der Waals surface area contributed by atoms with Crippen LogP contribution in [0.1, 0.15) is 25.0 Å². The Balaban J connectivity index is 1.95. The summed E-state index contributed by atoms with van der Waals surface area (Å²) in [5.41, 5.74) is 0.847. The molecule has 1 amide bonds. The van der Waals surface area contributed by atoms with Crippen LogP contribution >= 0.6 is 0 Å². The Morgan fingerprint density at radius 3 is 2.67 bits per heavy atom. The average molecular weight is 293 g/mol. The highest BCUT2D eigenvalue weighted by Gasteiger charge is 2.34. The first-order valence-electron chi connectivity index (χ1n) is 7.40. The number of rotatable bonds is 4. The fraction of sp³-hybridized carbons (Fsp3) is 0.562. The van der Waals surface area contributed by atoms with Gasteiger partial charge in [0.1, 0.15) is 5.82 Å². The molecule has 0 radical (unpaired) electrons. The second kappa shape index (κ2) is 6.54. The molecule has 0 aromatic heterocycles. The van der Waals surface area contributed by atoms with Gasteiger partial charge in [-0.05, 0) is 38.0 Å². The SMILES string of the molecule is Cc1ccc(CNC(=O)C(C)(C)N2CCNCC2)cc1F. The Morgan fingerprint density at radius 2 is 2.05 bits per heavy atom. The summed E-state index contributed by atoms with van der Waals surface area (Å²) < 4.78 is 13.5. The number of amides is 1. The van der Waals surface area contributed by atoms with Crippen LogP contribution in [0.4, 0.5) is 4.39 Å². The largest absolute Gasteiger partial charge is 0.350 e. The highest BCUT2D eigenvalue weighted by atomic mass is 19.1. The quantitative estimate of drug-likeness (QED) is 0.883. The number of carbonyl (C=O) groups is 1. The zero-order valence-corrected chi connectivity index (χ0v) is 13.0. The third-order valence-electron chi connectivity index (χ3n) is 4.15. The van der Waals surface area contributed by atoms with Gasteiger partial charge < -0.3 is 10.6 Å². The summed E-state index contributed by atoms with van der Waals surface area (Å²) in [4.78, 5) is 14.6. The van der Waals surface area contributed by atoms with Crippen molar-refractivity contribution in [2.45, 2.75) is 32.9 Å². The lowest BCUT2D eigenvalue weighted by molar-refractivity contribution is -0.132. The van der Waals surface area contributed by atoms with E-state index in [2.05, 4.69) is 15.5 Å². The molecule has 5 heteroatoms. The number of aryl methyl sites for hydroxylation is 1. The first-order chi connectivity index (χ1) is 9.91. The van der Waals surface area contributed by atoms with Crippen molar-refractivity contribution < 1.29 is 9.18 Å². The minimum Gasteiger partial charge on any atom is -0.350 e. The third-order valence-corrected chi connectivity index (χ3v) is 4.15. The molecule has 2 rings (SSSR count). The van der Waals surface area contributed by atoms with Crippen molar-refractivity contribution in [3.05, 3.63) is 35.1 Å². The van der Waals surface area contributed by atoms with Gasteiger partial charge in [0.05, 0.1) is 5.54 Å². The topological polar surface area (TPSA) is 44.4 Å². The maximum absolute atomic E-state index is 13.5. The van der Waals surface area contributed by atoms with Crippen molar-refractivity contribution in [2.24, 2.45) is 0 Å². The highest BCUT2D eigenvalue weighted by Crippen LogP contribution is 2.16. The van der Waals surface area contributed by atoms with E-state index < -0.39 is 5.54 Å². The summed E-state index contributed by atoms with van der Waals surface area (Å²) >= 11 is 0. The molecule has 1 aliphatic heterocycles. The predicted octanol–water partition coefficient (Wildman–Crippen LogP) is 1.43. The van der Waals surface area contributed by atoms with Crippen LogP contribution in [0, 0.1) is 12.7 Å². The Morgan fingerprint density at radius 1 is 1.38 bits per heavy atom. The first kappa shape index (κ1) is 15.9. The van der Waals surface area contributed by atoms with Gasteiger partial charge in [-0.25, -0.2) is 4.39 Å². The lowest BCUT2D eigenvalue weighted by atomic mass is 10.00. The molecule has 0 aliphatic carbocycles. The molecule has 0 atom stereocenters. The Kier molecular flexibility index (Phi) is 4.96. The molecule has 0 bridgehead atoms. The second-order valence-corrected chi connectivity index (χ2v) is 6.06. The number of nitrogens with one attached hydrogen (secondary N) is 2. The molecule has 0 unspecified atom stereocenters. The van der Waals surface area contributed by atoms with Crippen LogP contribution in [0.25, 0.3) is 0 Å². The number of benzene rings is 1. The standard InChI is InChI=1S/C16H24FN3O/c1-12-4-5-13(10-14(12)17)11-19-15(21)16(2,3)20-8-6-18-7-9-20/h4-5,10,18H,6-9,11H2,1-3H3,(H,19,21). The summed E-state index contributed by atoms with van der Waals surface area (Å²) in [6.45, 7) is 9.47. The molecule has 0 saturated carbocycles. The minimum atomic E-state index is -0.550. The normalized spacial score (nSPS) is 16.8. The maximum atomic E-state index is 13.5. The smallest absolute Gasteiger partial charge is 0.240 e. The Hall–Kier alpha value is -1.46. The molecule has 2 N–H and O–H groups in total. The Labute approximate surface area is 125 Å². The number of nitrogens with zero attached hydrogens (tertiary/aromatic N) is 1. The first-order valence-corrected chi connectivity index (χ1v) is 7.40. The zero-order valence-electron chi connectivity index (χ0n) is 13.0. The van der Waals surface area contributed by atoms with E-state index >= 15 is 0 Å². The van der Waals surface area contributed by atoms with Gasteiger partial charge in [-0.3, -0.25) is 9.69 Å². The summed E-state index contributed by atoms with van der Waals surface area (Å²) in [7, 11) is 0. The number of piperazine rings is 1. The van der Waals surface area contributed by atoms with E-state index in [9.17, 15) is 9.18 Å². The van der Waals surface area contributed by atoms with Crippen LogP contribution in [-0.4, -0.2) is 42.5 Å². The van der Waals surface area contributed by atoms with E-state index in [0.29, 0.717) is 12.1 Å². The van der Waals surface area contributed by atoms with Crippen LogP contribution in [-0.2, 0) is 11.3 Å². The molecule has 1 aromatic carbocycles. The molecule has 1 heterocycles. The van der Waals surface area contributed by atoms with E-state index in [1.54, 1.807) is 13.0 Å². The fourth-order valence-electron chi connectivity index (χ4n) is 2.51. The summed E-state index contributed by atoms with van der Waals surface area (Å²) in [6.07, 6.45) is 0. The molecule has 1 fully saturated rings. The van der Waals surface area contributed by atoms with Crippen molar-refractivity contribution in [3.8, 4) is 0 Å². The average Bonchev–Trinajstić information content (AvgIpc) is 2.49. The van der Waals surface area contributed by atoms with Crippen LogP contribution in [0.2, 0.25) is 0 Å². The van der Waals surface area contributed by atoms with Gasteiger partial charge in [0.25, 0.3) is 0 Å². The Bertz CT molecular complexity index is 510. The molecule has 4 nitrogen and oxygen atoms in total. The molecular weight excluding hydrogens is 269 g/mol. The zero-order chi connectivity index (χ0) is 15.5.